The number of rotatable bonds is 4. The van der Waals surface area contributed by atoms with Gasteiger partial charge in [0.25, 0.3) is 0 Å². The van der Waals surface area contributed by atoms with Gasteiger partial charge in [0.1, 0.15) is 0 Å². The maximum atomic E-state index is 12.5. The smallest absolute Gasteiger partial charge is 0.241 e. The summed E-state index contributed by atoms with van der Waals surface area (Å²) in [6.45, 7) is 9.33. The minimum Gasteiger partial charge on any atom is -0.339 e. The molecular weight excluding hydrogens is 437 g/mol. The third kappa shape index (κ3) is 6.55. The predicted octanol–water partition coefficient (Wildman–Crippen LogP) is 3.25. The van der Waals surface area contributed by atoms with Crippen LogP contribution in [0.15, 0.2) is 28.8 Å². The highest BCUT2D eigenvalue weighted by Crippen LogP contribution is 2.21. The molecule has 1 saturated heterocycles. The largest absolute Gasteiger partial charge is 0.339 e. The number of piperazine rings is 1. The van der Waals surface area contributed by atoms with Crippen molar-refractivity contribution in [2.45, 2.75) is 33.4 Å². The van der Waals surface area contributed by atoms with E-state index in [2.05, 4.69) is 15.0 Å². The molecule has 1 atom stereocenters. The lowest BCUT2D eigenvalue weighted by atomic mass is 9.86. The highest BCUT2D eigenvalue weighted by molar-refractivity contribution is 6.30. The first-order valence-electron chi connectivity index (χ1n) is 9.09. The summed E-state index contributed by atoms with van der Waals surface area (Å²) >= 11 is 5.90. The first kappa shape index (κ1) is 25.7. The Morgan fingerprint density at radius 3 is 2.31 bits per heavy atom. The molecule has 0 aliphatic carbocycles. The number of aromatic nitrogens is 2. The van der Waals surface area contributed by atoms with Crippen LogP contribution in [-0.2, 0) is 11.3 Å². The molecule has 10 heteroatoms. The Kier molecular flexibility index (Phi) is 9.37. The van der Waals surface area contributed by atoms with Crippen LogP contribution in [0.1, 0.15) is 26.7 Å². The van der Waals surface area contributed by atoms with Gasteiger partial charge in [-0.1, -0.05) is 37.5 Å². The predicted molar refractivity (Wildman–Crippen MR) is 119 cm³/mol. The van der Waals surface area contributed by atoms with Crippen molar-refractivity contribution in [2.75, 3.05) is 26.2 Å². The first-order chi connectivity index (χ1) is 12.7. The third-order valence-electron chi connectivity index (χ3n) is 4.81. The van der Waals surface area contributed by atoms with Crippen molar-refractivity contribution in [3.05, 3.63) is 35.2 Å². The average molecular weight is 465 g/mol. The lowest BCUT2D eigenvalue weighted by molar-refractivity contribution is -0.136. The molecule has 1 fully saturated rings. The fourth-order valence-electron chi connectivity index (χ4n) is 2.92. The van der Waals surface area contributed by atoms with Gasteiger partial charge in [-0.25, -0.2) is 0 Å². The van der Waals surface area contributed by atoms with Crippen molar-refractivity contribution in [3.8, 4) is 11.4 Å². The molecule has 29 heavy (non-hydrogen) atoms. The van der Waals surface area contributed by atoms with Crippen LogP contribution < -0.4 is 5.73 Å². The van der Waals surface area contributed by atoms with Crippen LogP contribution >= 0.6 is 36.4 Å². The van der Waals surface area contributed by atoms with Crippen LogP contribution in [0.2, 0.25) is 5.02 Å². The summed E-state index contributed by atoms with van der Waals surface area (Å²) in [4.78, 5) is 21.0. The van der Waals surface area contributed by atoms with Gasteiger partial charge in [0, 0.05) is 36.8 Å². The second-order valence-corrected chi connectivity index (χ2v) is 8.40. The first-order valence-corrected chi connectivity index (χ1v) is 9.47. The SMILES string of the molecule is CC(C)(C)[C@H](N)C(=O)N1CCN(Cc2nc(-c3ccc(Cl)cc3)no2)CC1.Cl.Cl. The number of carbonyl (C=O) groups is 1. The number of halogens is 3. The van der Waals surface area contributed by atoms with E-state index in [1.807, 2.05) is 37.8 Å². The van der Waals surface area contributed by atoms with Crippen LogP contribution in [0.5, 0.6) is 0 Å². The lowest BCUT2D eigenvalue weighted by Crippen LogP contribution is -2.56. The molecule has 0 unspecified atom stereocenters. The second-order valence-electron chi connectivity index (χ2n) is 7.96. The van der Waals surface area contributed by atoms with Gasteiger partial charge in [-0.05, 0) is 29.7 Å². The van der Waals surface area contributed by atoms with Crippen molar-refractivity contribution in [1.82, 2.24) is 19.9 Å². The molecule has 3 rings (SSSR count). The Bertz CT molecular complexity index is 784. The van der Waals surface area contributed by atoms with Crippen molar-refractivity contribution >= 4 is 42.3 Å². The fourth-order valence-corrected chi connectivity index (χ4v) is 3.05. The zero-order chi connectivity index (χ0) is 19.6. The average Bonchev–Trinajstić information content (AvgIpc) is 3.09. The number of amides is 1. The second kappa shape index (κ2) is 10.6. The number of hydrogen-bond donors (Lipinski definition) is 1. The molecule has 1 aliphatic heterocycles. The minimum atomic E-state index is -0.484. The van der Waals surface area contributed by atoms with Crippen molar-refractivity contribution in [2.24, 2.45) is 11.1 Å². The maximum Gasteiger partial charge on any atom is 0.241 e. The molecule has 7 nitrogen and oxygen atoms in total. The number of nitrogens with two attached hydrogens (primary N) is 1. The van der Waals surface area contributed by atoms with E-state index in [4.69, 9.17) is 21.9 Å². The summed E-state index contributed by atoms with van der Waals surface area (Å²) in [5, 5.41) is 4.71. The van der Waals surface area contributed by atoms with E-state index in [9.17, 15) is 4.79 Å². The lowest BCUT2D eigenvalue weighted by Gasteiger charge is -2.37. The molecule has 0 saturated carbocycles. The van der Waals surface area contributed by atoms with Gasteiger partial charge in [0.2, 0.25) is 17.6 Å². The Labute approximate surface area is 188 Å². The molecule has 1 aromatic heterocycles. The molecule has 0 radical (unpaired) electrons. The van der Waals surface area contributed by atoms with Gasteiger partial charge in [-0.2, -0.15) is 4.98 Å². The van der Waals surface area contributed by atoms with Crippen LogP contribution in [0.4, 0.5) is 0 Å². The summed E-state index contributed by atoms with van der Waals surface area (Å²) in [5.41, 5.74) is 6.73. The number of hydrogen-bond acceptors (Lipinski definition) is 6. The number of nitrogens with zero attached hydrogens (tertiary/aromatic N) is 4. The molecule has 0 spiro atoms. The molecular formula is C19H28Cl3N5O2. The van der Waals surface area contributed by atoms with Gasteiger partial charge in [0.15, 0.2) is 0 Å². The Hall–Kier alpha value is -1.38. The van der Waals surface area contributed by atoms with Gasteiger partial charge in [-0.3, -0.25) is 9.69 Å². The molecule has 162 valence electrons. The molecule has 2 heterocycles. The summed E-state index contributed by atoms with van der Waals surface area (Å²) in [6.07, 6.45) is 0. The van der Waals surface area contributed by atoms with E-state index in [0.29, 0.717) is 36.4 Å². The molecule has 1 aromatic carbocycles. The van der Waals surface area contributed by atoms with Crippen molar-refractivity contribution in [3.63, 3.8) is 0 Å². The van der Waals surface area contributed by atoms with Gasteiger partial charge < -0.3 is 15.2 Å². The maximum absolute atomic E-state index is 12.5. The van der Waals surface area contributed by atoms with Gasteiger partial charge >= 0.3 is 0 Å². The van der Waals surface area contributed by atoms with Crippen LogP contribution in [0.3, 0.4) is 0 Å². The standard InChI is InChI=1S/C19H26ClN5O2.2ClH/c1-19(2,3)16(21)18(26)25-10-8-24(9-11-25)12-15-22-17(23-27-15)13-4-6-14(20)7-5-13;;/h4-7,16H,8-12,21H2,1-3H3;2*1H/t16-;;/m1../s1. The van der Waals surface area contributed by atoms with Gasteiger partial charge in [0.05, 0.1) is 12.6 Å². The van der Waals surface area contributed by atoms with Crippen molar-refractivity contribution in [1.29, 1.82) is 0 Å². The highest BCUT2D eigenvalue weighted by Gasteiger charge is 2.32. The Morgan fingerprint density at radius 1 is 1.17 bits per heavy atom. The molecule has 2 N–H and O–H groups in total. The summed E-state index contributed by atoms with van der Waals surface area (Å²) in [5.74, 6) is 1.13. The van der Waals surface area contributed by atoms with E-state index in [1.165, 1.54) is 0 Å². The van der Waals surface area contributed by atoms with Crippen LogP contribution in [-0.4, -0.2) is 58.1 Å². The summed E-state index contributed by atoms with van der Waals surface area (Å²) in [6, 6.07) is 6.83. The van der Waals surface area contributed by atoms with Crippen LogP contribution in [0, 0.1) is 5.41 Å². The fraction of sp³-hybridized carbons (Fsp3) is 0.526. The van der Waals surface area contributed by atoms with Crippen LogP contribution in [0.25, 0.3) is 11.4 Å². The Morgan fingerprint density at radius 2 is 1.76 bits per heavy atom. The number of benzene rings is 1. The third-order valence-corrected chi connectivity index (χ3v) is 5.06. The van der Waals surface area contributed by atoms with E-state index in [1.54, 1.807) is 12.1 Å². The normalized spacial score (nSPS) is 16.0. The molecule has 0 bridgehead atoms. The topological polar surface area (TPSA) is 88.5 Å². The zero-order valence-electron chi connectivity index (χ0n) is 16.8. The minimum absolute atomic E-state index is 0. The summed E-state index contributed by atoms with van der Waals surface area (Å²) < 4.78 is 5.37. The van der Waals surface area contributed by atoms with E-state index >= 15 is 0 Å². The molecule has 1 amide bonds. The van der Waals surface area contributed by atoms with Gasteiger partial charge in [-0.15, -0.1) is 24.8 Å². The summed E-state index contributed by atoms with van der Waals surface area (Å²) in [7, 11) is 0. The van der Waals surface area contributed by atoms with Crippen molar-refractivity contribution < 1.29 is 9.32 Å². The quantitative estimate of drug-likeness (QED) is 0.747. The number of carbonyl (C=O) groups excluding carboxylic acids is 1. The van der Waals surface area contributed by atoms with E-state index in [0.717, 1.165) is 18.7 Å². The Balaban J connectivity index is 0.00000210. The molecule has 1 aliphatic rings. The zero-order valence-corrected chi connectivity index (χ0v) is 19.2. The molecule has 2 aromatic rings. The highest BCUT2D eigenvalue weighted by atomic mass is 35.5. The van der Waals surface area contributed by atoms with E-state index < -0.39 is 6.04 Å². The monoisotopic (exact) mass is 463 g/mol. The van der Waals surface area contributed by atoms with E-state index in [-0.39, 0.29) is 36.1 Å².